The highest BCUT2D eigenvalue weighted by molar-refractivity contribution is 6.37. The normalized spacial score (nSPS) is 27.2. The zero-order valence-electron chi connectivity index (χ0n) is 26.2. The van der Waals surface area contributed by atoms with E-state index in [1.54, 1.807) is 4.90 Å². The molecule has 4 rings (SSSR count). The number of primary amides is 1. The molecule has 11 heteroatoms. The summed E-state index contributed by atoms with van der Waals surface area (Å²) in [5.41, 5.74) is 3.94. The number of likely N-dealkylation sites (tertiary alicyclic amines) is 1. The van der Waals surface area contributed by atoms with E-state index in [0.717, 1.165) is 38.5 Å². The van der Waals surface area contributed by atoms with E-state index in [1.165, 1.54) is 0 Å². The van der Waals surface area contributed by atoms with Gasteiger partial charge in [0, 0.05) is 6.54 Å². The predicted octanol–water partition coefficient (Wildman–Crippen LogP) is 2.26. The van der Waals surface area contributed by atoms with Gasteiger partial charge in [0.15, 0.2) is 0 Å². The van der Waals surface area contributed by atoms with Crippen LogP contribution in [0.15, 0.2) is 0 Å². The molecule has 4 atom stereocenters. The van der Waals surface area contributed by atoms with Crippen LogP contribution in [-0.2, 0) is 23.9 Å². The summed E-state index contributed by atoms with van der Waals surface area (Å²) in [6.07, 6.45) is 6.97. The Balaban J connectivity index is 1.61. The minimum Gasteiger partial charge on any atom is -0.376 e. The largest absolute Gasteiger partial charge is 0.376 e. The van der Waals surface area contributed by atoms with Crippen molar-refractivity contribution in [2.75, 3.05) is 19.8 Å². The first-order chi connectivity index (χ1) is 19.6. The van der Waals surface area contributed by atoms with E-state index >= 15 is 0 Å². The van der Waals surface area contributed by atoms with Gasteiger partial charge in [0.2, 0.25) is 17.6 Å². The summed E-state index contributed by atoms with van der Waals surface area (Å²) >= 11 is 0. The standard InChI is InChI=1S/C31H51N5O6/c1-18(2)31(20-11-8-12-20)14-22(26(39)33-21(23(37)25(32)38)13-19-9-7-10-19)36(15-31)27(40)24(29(3,4)5)34-28(41)35-30(6)16-42-17-30/h18-22,24H,7-17H2,1-6H3,(H2,32,38)(H,33,39)(H2,34,35,41)/t21?,22-,24+,31+/m0/s1. The van der Waals surface area contributed by atoms with Gasteiger partial charge in [-0.15, -0.1) is 0 Å². The first-order valence-corrected chi connectivity index (χ1v) is 15.7. The van der Waals surface area contributed by atoms with Gasteiger partial charge in [-0.25, -0.2) is 4.79 Å². The second-order valence-corrected chi connectivity index (χ2v) is 15.0. The third-order valence-electron chi connectivity index (χ3n) is 10.4. The van der Waals surface area contributed by atoms with Crippen LogP contribution in [0.25, 0.3) is 0 Å². The van der Waals surface area contributed by atoms with Crippen molar-refractivity contribution in [3.63, 3.8) is 0 Å². The van der Waals surface area contributed by atoms with Crippen molar-refractivity contribution in [1.82, 2.24) is 20.9 Å². The number of carbonyl (C=O) groups is 5. The summed E-state index contributed by atoms with van der Waals surface area (Å²) < 4.78 is 5.25. The lowest BCUT2D eigenvalue weighted by atomic mass is 9.59. The summed E-state index contributed by atoms with van der Waals surface area (Å²) in [7, 11) is 0. The quantitative estimate of drug-likeness (QED) is 0.271. The van der Waals surface area contributed by atoms with E-state index in [4.69, 9.17) is 10.5 Å². The predicted molar refractivity (Wildman–Crippen MR) is 157 cm³/mol. The molecular formula is C31H51N5O6. The molecule has 0 aromatic carbocycles. The molecule has 42 heavy (non-hydrogen) atoms. The summed E-state index contributed by atoms with van der Waals surface area (Å²) in [6.45, 7) is 13.0. The summed E-state index contributed by atoms with van der Waals surface area (Å²) in [5, 5.41) is 8.66. The van der Waals surface area contributed by atoms with Gasteiger partial charge >= 0.3 is 6.03 Å². The Hall–Kier alpha value is -2.69. The number of nitrogens with one attached hydrogen (secondary N) is 3. The molecule has 0 aromatic rings. The lowest BCUT2D eigenvalue weighted by molar-refractivity contribution is -0.143. The molecule has 1 unspecified atom stereocenters. The van der Waals surface area contributed by atoms with Gasteiger partial charge in [-0.1, -0.05) is 60.3 Å². The Kier molecular flexibility index (Phi) is 9.31. The molecule has 0 radical (unpaired) electrons. The van der Waals surface area contributed by atoms with Crippen molar-refractivity contribution in [2.45, 2.75) is 117 Å². The number of ether oxygens (including phenoxy) is 1. The van der Waals surface area contributed by atoms with Crippen LogP contribution in [0.5, 0.6) is 0 Å². The summed E-state index contributed by atoms with van der Waals surface area (Å²) in [6, 6.07) is -3.21. The average Bonchev–Trinajstić information content (AvgIpc) is 3.22. The van der Waals surface area contributed by atoms with Crippen molar-refractivity contribution in [1.29, 1.82) is 0 Å². The fourth-order valence-corrected chi connectivity index (χ4v) is 7.07. The average molecular weight is 590 g/mol. The van der Waals surface area contributed by atoms with Crippen LogP contribution in [0.2, 0.25) is 0 Å². The lowest BCUT2D eigenvalue weighted by Gasteiger charge is -2.46. The number of nitrogens with two attached hydrogens (primary N) is 1. The van der Waals surface area contributed by atoms with Gasteiger partial charge in [-0.2, -0.15) is 0 Å². The van der Waals surface area contributed by atoms with Crippen LogP contribution >= 0.6 is 0 Å². The van der Waals surface area contributed by atoms with Crippen LogP contribution in [-0.4, -0.2) is 77.9 Å². The monoisotopic (exact) mass is 589 g/mol. The molecule has 2 aliphatic heterocycles. The Morgan fingerprint density at radius 3 is 2.05 bits per heavy atom. The van der Waals surface area contributed by atoms with Crippen molar-refractivity contribution >= 4 is 29.5 Å². The van der Waals surface area contributed by atoms with Crippen molar-refractivity contribution in [3.05, 3.63) is 0 Å². The molecule has 11 nitrogen and oxygen atoms in total. The molecule has 4 aliphatic rings. The van der Waals surface area contributed by atoms with Crippen LogP contribution in [0.4, 0.5) is 4.79 Å². The van der Waals surface area contributed by atoms with E-state index in [2.05, 4.69) is 29.8 Å². The number of carbonyl (C=O) groups excluding carboxylic acids is 5. The molecule has 2 saturated heterocycles. The molecule has 5 N–H and O–H groups in total. The number of hydrogen-bond acceptors (Lipinski definition) is 6. The molecule has 0 spiro atoms. The lowest BCUT2D eigenvalue weighted by Crippen LogP contribution is -2.65. The number of amides is 5. The molecule has 0 aromatic heterocycles. The van der Waals surface area contributed by atoms with Gasteiger partial charge < -0.3 is 31.3 Å². The van der Waals surface area contributed by atoms with Crippen molar-refractivity contribution < 1.29 is 28.7 Å². The first-order valence-electron chi connectivity index (χ1n) is 15.7. The third kappa shape index (κ3) is 6.60. The third-order valence-corrected chi connectivity index (χ3v) is 10.4. The Morgan fingerprint density at radius 1 is 1.00 bits per heavy atom. The van der Waals surface area contributed by atoms with E-state index in [1.807, 2.05) is 27.7 Å². The van der Waals surface area contributed by atoms with E-state index in [9.17, 15) is 24.0 Å². The molecule has 2 saturated carbocycles. The molecule has 2 aliphatic carbocycles. The molecule has 236 valence electrons. The number of Topliss-reactive ketones (excluding diaryl/α,β-unsaturated/α-hetero) is 1. The number of hydrogen-bond donors (Lipinski definition) is 4. The fraction of sp³-hybridized carbons (Fsp3) is 0.839. The second kappa shape index (κ2) is 12.1. The molecule has 5 amide bonds. The van der Waals surface area contributed by atoms with Crippen LogP contribution in [0, 0.1) is 28.6 Å². The maximum atomic E-state index is 14.4. The van der Waals surface area contributed by atoms with Crippen molar-refractivity contribution in [2.24, 2.45) is 34.3 Å². The number of ketones is 1. The number of urea groups is 1. The topological polar surface area (TPSA) is 160 Å². The molecule has 2 heterocycles. The smallest absolute Gasteiger partial charge is 0.316 e. The maximum Gasteiger partial charge on any atom is 0.316 e. The van der Waals surface area contributed by atoms with E-state index in [0.29, 0.717) is 38.5 Å². The maximum absolute atomic E-state index is 14.4. The zero-order valence-corrected chi connectivity index (χ0v) is 26.2. The minimum absolute atomic E-state index is 0.205. The van der Waals surface area contributed by atoms with Crippen LogP contribution in [0.1, 0.15) is 92.9 Å². The van der Waals surface area contributed by atoms with E-state index < -0.39 is 52.7 Å². The first kappa shape index (κ1) is 32.2. The van der Waals surface area contributed by atoms with Crippen LogP contribution < -0.4 is 21.7 Å². The van der Waals surface area contributed by atoms with Gasteiger partial charge in [0.1, 0.15) is 12.1 Å². The zero-order chi connectivity index (χ0) is 31.0. The van der Waals surface area contributed by atoms with Gasteiger partial charge in [-0.3, -0.25) is 19.2 Å². The van der Waals surface area contributed by atoms with Gasteiger partial charge in [-0.05, 0) is 61.2 Å². The Morgan fingerprint density at radius 2 is 1.62 bits per heavy atom. The second-order valence-electron chi connectivity index (χ2n) is 15.0. The van der Waals surface area contributed by atoms with Gasteiger partial charge in [0.05, 0.1) is 24.8 Å². The SMILES string of the molecule is CC(C)[C@@]1(C2CCC2)C[C@@H](C(=O)NC(CC2CCC2)C(=O)C(N)=O)N(C(=O)[C@@H](NC(=O)NC2(C)COC2)C(C)(C)C)C1. The van der Waals surface area contributed by atoms with Crippen LogP contribution in [0.3, 0.4) is 0 Å². The summed E-state index contributed by atoms with van der Waals surface area (Å²) in [4.78, 5) is 67.8. The number of nitrogens with zero attached hydrogens (tertiary/aromatic N) is 1. The Bertz CT molecular complexity index is 1070. The fourth-order valence-electron chi connectivity index (χ4n) is 7.07. The summed E-state index contributed by atoms with van der Waals surface area (Å²) in [5.74, 6) is -1.81. The van der Waals surface area contributed by atoms with Crippen molar-refractivity contribution in [3.8, 4) is 0 Å². The highest BCUT2D eigenvalue weighted by Gasteiger charge is 2.56. The highest BCUT2D eigenvalue weighted by atomic mass is 16.5. The Labute approximate surface area is 249 Å². The van der Waals surface area contributed by atoms with Gasteiger partial charge in [0.25, 0.3) is 5.91 Å². The van der Waals surface area contributed by atoms with E-state index in [-0.39, 0.29) is 23.2 Å². The molecule has 4 fully saturated rings. The highest BCUT2D eigenvalue weighted by Crippen LogP contribution is 2.54. The molecule has 0 bridgehead atoms. The number of rotatable bonds is 11. The minimum atomic E-state index is -1.07. The molecular weight excluding hydrogens is 538 g/mol.